The molecule has 21 heavy (non-hydrogen) atoms. The zero-order valence-corrected chi connectivity index (χ0v) is 11.5. The van der Waals surface area contributed by atoms with Gasteiger partial charge in [0, 0.05) is 0 Å². The summed E-state index contributed by atoms with van der Waals surface area (Å²) in [5.41, 5.74) is 0.784. The minimum atomic E-state index is -0.440. The molecule has 1 heterocycles. The highest BCUT2D eigenvalue weighted by atomic mass is 16.5. The summed E-state index contributed by atoms with van der Waals surface area (Å²) < 4.78 is 10.2. The highest BCUT2D eigenvalue weighted by molar-refractivity contribution is 6.01. The first kappa shape index (κ1) is 14.4. The van der Waals surface area contributed by atoms with E-state index in [4.69, 9.17) is 14.4 Å². The second kappa shape index (κ2) is 6.96. The fourth-order valence-electron chi connectivity index (χ4n) is 1.69. The Kier molecular flexibility index (Phi) is 4.78. The topological polar surface area (TPSA) is 75.3 Å². The van der Waals surface area contributed by atoms with E-state index in [1.807, 2.05) is 6.07 Å². The molecular formula is C16H14N2O3. The third-order valence-electron chi connectivity index (χ3n) is 2.80. The Labute approximate surface area is 122 Å². The molecule has 0 atom stereocenters. The zero-order valence-electron chi connectivity index (χ0n) is 11.5. The van der Waals surface area contributed by atoms with Crippen LogP contribution < -0.4 is 10.1 Å². The summed E-state index contributed by atoms with van der Waals surface area (Å²) in [6, 6.07) is 12.5. The Bertz CT molecular complexity index is 665. The van der Waals surface area contributed by atoms with Gasteiger partial charge in [-0.15, -0.1) is 0 Å². The fraction of sp³-hybridized carbons (Fsp3) is 0.125. The number of rotatable bonds is 5. The maximum Gasteiger partial charge on any atom is 0.262 e. The number of hydrogen-bond acceptors (Lipinski definition) is 4. The van der Waals surface area contributed by atoms with Crippen molar-refractivity contribution in [1.82, 2.24) is 5.32 Å². The number of methoxy groups -OCH3 is 1. The van der Waals surface area contributed by atoms with Gasteiger partial charge < -0.3 is 14.5 Å². The molecule has 0 bridgehead atoms. The summed E-state index contributed by atoms with van der Waals surface area (Å²) in [6.07, 6.45) is 3.05. The Hall–Kier alpha value is -3.00. The van der Waals surface area contributed by atoms with Crippen LogP contribution in [-0.4, -0.2) is 13.0 Å². The van der Waals surface area contributed by atoms with Gasteiger partial charge in [0.15, 0.2) is 0 Å². The van der Waals surface area contributed by atoms with E-state index >= 15 is 0 Å². The molecule has 0 aliphatic carbocycles. The Morgan fingerprint density at radius 2 is 2.14 bits per heavy atom. The molecule has 0 saturated carbocycles. The molecule has 106 valence electrons. The van der Waals surface area contributed by atoms with Crippen LogP contribution in [-0.2, 0) is 11.3 Å². The minimum absolute atomic E-state index is 0.0340. The number of nitrogens with zero attached hydrogens (tertiary/aromatic N) is 1. The molecule has 5 heteroatoms. The first-order chi connectivity index (χ1) is 10.2. The standard InChI is InChI=1S/C16H14N2O3/c1-20-14-6-4-12(5-7-14)9-13(10-17)16(19)18-11-15-3-2-8-21-15/h2-9H,11H2,1H3,(H,18,19)/b13-9+. The molecule has 2 aromatic rings. The molecule has 0 saturated heterocycles. The molecule has 1 aromatic carbocycles. The average Bonchev–Trinajstić information content (AvgIpc) is 3.04. The molecule has 0 unspecified atom stereocenters. The average molecular weight is 282 g/mol. The summed E-state index contributed by atoms with van der Waals surface area (Å²) >= 11 is 0. The van der Waals surface area contributed by atoms with E-state index in [0.29, 0.717) is 11.5 Å². The van der Waals surface area contributed by atoms with Gasteiger partial charge in [-0.3, -0.25) is 4.79 Å². The zero-order chi connectivity index (χ0) is 15.1. The van der Waals surface area contributed by atoms with Gasteiger partial charge in [-0.05, 0) is 35.9 Å². The molecular weight excluding hydrogens is 268 g/mol. The molecule has 0 aliphatic heterocycles. The third kappa shape index (κ3) is 3.98. The van der Waals surface area contributed by atoms with Crippen LogP contribution in [0, 0.1) is 11.3 Å². The number of carbonyl (C=O) groups is 1. The first-order valence-electron chi connectivity index (χ1n) is 6.29. The molecule has 0 spiro atoms. The molecule has 1 aromatic heterocycles. The summed E-state index contributed by atoms with van der Waals surface area (Å²) in [5.74, 6) is 0.905. The predicted molar refractivity (Wildman–Crippen MR) is 77.1 cm³/mol. The Morgan fingerprint density at radius 3 is 2.71 bits per heavy atom. The quantitative estimate of drug-likeness (QED) is 0.675. The van der Waals surface area contributed by atoms with Crippen LogP contribution in [0.2, 0.25) is 0 Å². The van der Waals surface area contributed by atoms with Crippen molar-refractivity contribution in [3.05, 3.63) is 59.6 Å². The predicted octanol–water partition coefficient (Wildman–Crippen LogP) is 2.51. The third-order valence-corrected chi connectivity index (χ3v) is 2.80. The van der Waals surface area contributed by atoms with Crippen molar-refractivity contribution in [1.29, 1.82) is 5.26 Å². The van der Waals surface area contributed by atoms with Crippen molar-refractivity contribution < 1.29 is 13.9 Å². The molecule has 2 rings (SSSR count). The van der Waals surface area contributed by atoms with Crippen molar-refractivity contribution in [2.24, 2.45) is 0 Å². The van der Waals surface area contributed by atoms with Gasteiger partial charge in [0.1, 0.15) is 23.2 Å². The van der Waals surface area contributed by atoms with Gasteiger partial charge in [0.25, 0.3) is 5.91 Å². The highest BCUT2D eigenvalue weighted by Crippen LogP contribution is 2.14. The Morgan fingerprint density at radius 1 is 1.38 bits per heavy atom. The normalized spacial score (nSPS) is 10.8. The summed E-state index contributed by atoms with van der Waals surface area (Å²) in [6.45, 7) is 0.244. The van der Waals surface area contributed by atoms with Crippen molar-refractivity contribution in [2.45, 2.75) is 6.54 Å². The lowest BCUT2D eigenvalue weighted by Crippen LogP contribution is -2.23. The van der Waals surface area contributed by atoms with Crippen LogP contribution >= 0.6 is 0 Å². The largest absolute Gasteiger partial charge is 0.497 e. The van der Waals surface area contributed by atoms with Crippen LogP contribution in [0.15, 0.2) is 52.7 Å². The number of ether oxygens (including phenoxy) is 1. The molecule has 1 N–H and O–H groups in total. The van der Waals surface area contributed by atoms with E-state index in [1.165, 1.54) is 12.3 Å². The maximum atomic E-state index is 11.9. The van der Waals surface area contributed by atoms with E-state index in [2.05, 4.69) is 5.32 Å². The number of furan rings is 1. The van der Waals surface area contributed by atoms with E-state index < -0.39 is 5.91 Å². The second-order valence-corrected chi connectivity index (χ2v) is 4.21. The first-order valence-corrected chi connectivity index (χ1v) is 6.29. The van der Waals surface area contributed by atoms with Crippen LogP contribution in [0.1, 0.15) is 11.3 Å². The molecule has 0 fully saturated rings. The monoisotopic (exact) mass is 282 g/mol. The molecule has 1 amide bonds. The number of nitrogens with one attached hydrogen (secondary N) is 1. The lowest BCUT2D eigenvalue weighted by atomic mass is 10.1. The number of benzene rings is 1. The van der Waals surface area contributed by atoms with E-state index in [1.54, 1.807) is 43.5 Å². The SMILES string of the molecule is COc1ccc(/C=C(\C#N)C(=O)NCc2ccco2)cc1. The summed E-state index contributed by atoms with van der Waals surface area (Å²) in [7, 11) is 1.58. The van der Waals surface area contributed by atoms with Crippen molar-refractivity contribution >= 4 is 12.0 Å². The summed E-state index contributed by atoms with van der Waals surface area (Å²) in [5, 5.41) is 11.7. The maximum absolute atomic E-state index is 11.9. The van der Waals surface area contributed by atoms with Gasteiger partial charge in [-0.1, -0.05) is 12.1 Å². The molecule has 5 nitrogen and oxygen atoms in total. The Balaban J connectivity index is 2.05. The van der Waals surface area contributed by atoms with Gasteiger partial charge in [-0.25, -0.2) is 0 Å². The molecule has 0 aliphatic rings. The number of carbonyl (C=O) groups excluding carboxylic acids is 1. The summed E-state index contributed by atoms with van der Waals surface area (Å²) in [4.78, 5) is 11.9. The van der Waals surface area contributed by atoms with Crippen LogP contribution in [0.4, 0.5) is 0 Å². The van der Waals surface area contributed by atoms with Crippen LogP contribution in [0.3, 0.4) is 0 Å². The number of hydrogen-bond donors (Lipinski definition) is 1. The van der Waals surface area contributed by atoms with E-state index in [-0.39, 0.29) is 12.1 Å². The second-order valence-electron chi connectivity index (χ2n) is 4.21. The molecule has 0 radical (unpaired) electrons. The minimum Gasteiger partial charge on any atom is -0.497 e. The van der Waals surface area contributed by atoms with E-state index in [9.17, 15) is 4.79 Å². The van der Waals surface area contributed by atoms with E-state index in [0.717, 1.165) is 5.56 Å². The van der Waals surface area contributed by atoms with Gasteiger partial charge in [0.05, 0.1) is 19.9 Å². The number of nitriles is 1. The van der Waals surface area contributed by atoms with Crippen LogP contribution in [0.5, 0.6) is 5.75 Å². The number of amides is 1. The van der Waals surface area contributed by atoms with Gasteiger partial charge in [-0.2, -0.15) is 5.26 Å². The van der Waals surface area contributed by atoms with Crippen LogP contribution in [0.25, 0.3) is 6.08 Å². The van der Waals surface area contributed by atoms with Crippen molar-refractivity contribution in [2.75, 3.05) is 7.11 Å². The smallest absolute Gasteiger partial charge is 0.262 e. The lowest BCUT2D eigenvalue weighted by Gasteiger charge is -2.03. The fourth-order valence-corrected chi connectivity index (χ4v) is 1.69. The highest BCUT2D eigenvalue weighted by Gasteiger charge is 2.09. The van der Waals surface area contributed by atoms with Crippen molar-refractivity contribution in [3.8, 4) is 11.8 Å². The van der Waals surface area contributed by atoms with Gasteiger partial charge >= 0.3 is 0 Å². The van der Waals surface area contributed by atoms with Crippen molar-refractivity contribution in [3.63, 3.8) is 0 Å². The van der Waals surface area contributed by atoms with Gasteiger partial charge in [0.2, 0.25) is 0 Å². The lowest BCUT2D eigenvalue weighted by molar-refractivity contribution is -0.117.